The highest BCUT2D eigenvalue weighted by atomic mass is 32.2. The van der Waals surface area contributed by atoms with Crippen LogP contribution in [0.5, 0.6) is 5.75 Å². The maximum absolute atomic E-state index is 13.6. The van der Waals surface area contributed by atoms with Crippen molar-refractivity contribution in [2.24, 2.45) is 0 Å². The van der Waals surface area contributed by atoms with Crippen LogP contribution in [0.15, 0.2) is 39.8 Å². The number of hydrogen-bond donors (Lipinski definition) is 1. The van der Waals surface area contributed by atoms with Gasteiger partial charge in [0.05, 0.1) is 36.6 Å². The maximum Gasteiger partial charge on any atom is 0.262 e. The molecule has 162 valence electrons. The van der Waals surface area contributed by atoms with Crippen molar-refractivity contribution < 1.29 is 27.1 Å². The Morgan fingerprint density at radius 3 is 2.77 bits per heavy atom. The molecular weight excluding hydrogens is 410 g/mol. The zero-order chi connectivity index (χ0) is 21.1. The van der Waals surface area contributed by atoms with Crippen molar-refractivity contribution in [2.75, 3.05) is 51.3 Å². The number of fused-ring (bicyclic) bond motifs is 1. The van der Waals surface area contributed by atoms with Crippen LogP contribution in [0, 0.1) is 6.92 Å². The first-order valence-electron chi connectivity index (χ1n) is 9.83. The number of hydrogen-bond acceptors (Lipinski definition) is 7. The van der Waals surface area contributed by atoms with Crippen LogP contribution in [-0.4, -0.2) is 69.5 Å². The molecule has 1 amide bonds. The average molecular weight is 436 g/mol. The van der Waals surface area contributed by atoms with Gasteiger partial charge in [-0.2, -0.15) is 4.31 Å². The van der Waals surface area contributed by atoms with Crippen molar-refractivity contribution in [2.45, 2.75) is 18.4 Å². The summed E-state index contributed by atoms with van der Waals surface area (Å²) in [5, 5.41) is 2.71. The van der Waals surface area contributed by atoms with E-state index in [2.05, 4.69) is 10.2 Å². The molecule has 0 saturated carbocycles. The molecule has 0 spiro atoms. The van der Waals surface area contributed by atoms with Crippen molar-refractivity contribution in [3.05, 3.63) is 41.9 Å². The van der Waals surface area contributed by atoms with Crippen molar-refractivity contribution >= 4 is 21.6 Å². The van der Waals surface area contributed by atoms with Crippen molar-refractivity contribution in [3.63, 3.8) is 0 Å². The average Bonchev–Trinajstić information content (AvgIpc) is 3.24. The number of morpholine rings is 1. The van der Waals surface area contributed by atoms with E-state index in [0.717, 1.165) is 13.1 Å². The standard InChI is InChI=1S/C20H25N3O6S/c1-15-11-17-18(29-14-20(24)21-17)12-19(15)30(25,26)23(13-16-3-2-8-28-16)5-4-22-6-9-27-10-7-22/h2-3,8,11-12H,4-7,9-10,13-14H2,1H3,(H,21,24). The number of ether oxygens (including phenoxy) is 2. The summed E-state index contributed by atoms with van der Waals surface area (Å²) in [4.78, 5) is 13.9. The molecule has 3 heterocycles. The lowest BCUT2D eigenvalue weighted by molar-refractivity contribution is -0.118. The van der Waals surface area contributed by atoms with E-state index in [4.69, 9.17) is 13.9 Å². The number of carbonyl (C=O) groups excluding carboxylic acids is 1. The second-order valence-electron chi connectivity index (χ2n) is 7.32. The normalized spacial score (nSPS) is 17.5. The Balaban J connectivity index is 1.61. The third kappa shape index (κ3) is 4.51. The van der Waals surface area contributed by atoms with Crippen LogP contribution in [-0.2, 0) is 26.1 Å². The summed E-state index contributed by atoms with van der Waals surface area (Å²) in [5.41, 5.74) is 1.02. The lowest BCUT2D eigenvalue weighted by Gasteiger charge is -2.30. The number of nitrogens with one attached hydrogen (secondary N) is 1. The molecule has 9 nitrogen and oxygen atoms in total. The number of benzene rings is 1. The number of sulfonamides is 1. The van der Waals surface area contributed by atoms with E-state index < -0.39 is 10.0 Å². The van der Waals surface area contributed by atoms with Crippen molar-refractivity contribution in [1.29, 1.82) is 0 Å². The van der Waals surface area contributed by atoms with Crippen LogP contribution in [0.1, 0.15) is 11.3 Å². The topological polar surface area (TPSA) is 101 Å². The maximum atomic E-state index is 13.6. The Morgan fingerprint density at radius 1 is 1.23 bits per heavy atom. The monoisotopic (exact) mass is 435 g/mol. The molecule has 1 fully saturated rings. The molecule has 30 heavy (non-hydrogen) atoms. The van der Waals surface area contributed by atoms with Crippen LogP contribution in [0.3, 0.4) is 0 Å². The van der Waals surface area contributed by atoms with Gasteiger partial charge in [-0.3, -0.25) is 9.69 Å². The number of anilines is 1. The van der Waals surface area contributed by atoms with Gasteiger partial charge in [-0.25, -0.2) is 8.42 Å². The zero-order valence-electron chi connectivity index (χ0n) is 16.8. The van der Waals surface area contributed by atoms with E-state index >= 15 is 0 Å². The van der Waals surface area contributed by atoms with Gasteiger partial charge >= 0.3 is 0 Å². The largest absolute Gasteiger partial charge is 0.482 e. The molecule has 1 aromatic heterocycles. The molecule has 4 rings (SSSR count). The second-order valence-corrected chi connectivity index (χ2v) is 9.23. The molecule has 0 radical (unpaired) electrons. The van der Waals surface area contributed by atoms with Gasteiger partial charge in [-0.05, 0) is 30.7 Å². The second kappa shape index (κ2) is 8.76. The minimum absolute atomic E-state index is 0.133. The quantitative estimate of drug-likeness (QED) is 0.702. The molecule has 2 aromatic rings. The van der Waals surface area contributed by atoms with E-state index in [1.807, 2.05) is 0 Å². The molecule has 0 bridgehead atoms. The van der Waals surface area contributed by atoms with E-state index in [1.54, 1.807) is 25.1 Å². The molecule has 2 aliphatic heterocycles. The molecule has 1 N–H and O–H groups in total. The van der Waals surface area contributed by atoms with Crippen LogP contribution < -0.4 is 10.1 Å². The molecular formula is C20H25N3O6S. The third-order valence-corrected chi connectivity index (χ3v) is 7.20. The number of carbonyl (C=O) groups is 1. The number of furan rings is 1. The highest BCUT2D eigenvalue weighted by molar-refractivity contribution is 7.89. The summed E-state index contributed by atoms with van der Waals surface area (Å²) < 4.78 is 44.8. The van der Waals surface area contributed by atoms with Gasteiger partial charge in [0.15, 0.2) is 6.61 Å². The van der Waals surface area contributed by atoms with Gasteiger partial charge in [0.25, 0.3) is 5.91 Å². The van der Waals surface area contributed by atoms with Gasteiger partial charge in [-0.15, -0.1) is 0 Å². The highest BCUT2D eigenvalue weighted by Gasteiger charge is 2.30. The number of aryl methyl sites for hydroxylation is 1. The fourth-order valence-electron chi connectivity index (χ4n) is 3.57. The van der Waals surface area contributed by atoms with E-state index in [1.165, 1.54) is 16.6 Å². The smallest absolute Gasteiger partial charge is 0.262 e. The minimum Gasteiger partial charge on any atom is -0.482 e. The molecule has 10 heteroatoms. The Bertz CT molecular complexity index is 1000. The van der Waals surface area contributed by atoms with Gasteiger partial charge in [0.2, 0.25) is 10.0 Å². The fraction of sp³-hybridized carbons (Fsp3) is 0.450. The molecule has 1 aromatic carbocycles. The van der Waals surface area contributed by atoms with E-state index in [-0.39, 0.29) is 24.0 Å². The van der Waals surface area contributed by atoms with Gasteiger partial charge in [0, 0.05) is 32.2 Å². The summed E-state index contributed by atoms with van der Waals surface area (Å²) in [6, 6.07) is 6.62. The summed E-state index contributed by atoms with van der Waals surface area (Å²) in [7, 11) is -3.83. The molecule has 0 atom stereocenters. The minimum atomic E-state index is -3.83. The Labute approximate surface area is 175 Å². The summed E-state index contributed by atoms with van der Waals surface area (Å²) in [6.45, 7) is 5.48. The van der Waals surface area contributed by atoms with Gasteiger partial charge in [-0.1, -0.05) is 0 Å². The zero-order valence-corrected chi connectivity index (χ0v) is 17.6. The SMILES string of the molecule is Cc1cc2c(cc1S(=O)(=O)N(CCN1CCOCC1)Cc1ccco1)OCC(=O)N2. The summed E-state index contributed by atoms with van der Waals surface area (Å²) in [6.07, 6.45) is 1.53. The Morgan fingerprint density at radius 2 is 2.03 bits per heavy atom. The first-order valence-corrected chi connectivity index (χ1v) is 11.3. The first kappa shape index (κ1) is 20.9. The number of rotatable bonds is 7. The Hall–Kier alpha value is -2.40. The van der Waals surface area contributed by atoms with Crippen LogP contribution in [0.4, 0.5) is 5.69 Å². The Kier molecular flexibility index (Phi) is 6.09. The van der Waals surface area contributed by atoms with Crippen molar-refractivity contribution in [3.8, 4) is 5.75 Å². The number of amides is 1. The van der Waals surface area contributed by atoms with Gasteiger partial charge < -0.3 is 19.2 Å². The lowest BCUT2D eigenvalue weighted by atomic mass is 10.2. The predicted molar refractivity (Wildman–Crippen MR) is 109 cm³/mol. The lowest BCUT2D eigenvalue weighted by Crippen LogP contribution is -2.43. The summed E-state index contributed by atoms with van der Waals surface area (Å²) in [5.74, 6) is 0.659. The molecule has 0 unspecified atom stereocenters. The predicted octanol–water partition coefficient (Wildman–Crippen LogP) is 1.44. The third-order valence-electron chi connectivity index (χ3n) is 5.21. The summed E-state index contributed by atoms with van der Waals surface area (Å²) >= 11 is 0. The van der Waals surface area contributed by atoms with Gasteiger partial charge in [0.1, 0.15) is 11.5 Å². The van der Waals surface area contributed by atoms with E-state index in [9.17, 15) is 13.2 Å². The van der Waals surface area contributed by atoms with Crippen LogP contribution >= 0.6 is 0 Å². The van der Waals surface area contributed by atoms with Crippen LogP contribution in [0.2, 0.25) is 0 Å². The first-order chi connectivity index (χ1) is 14.4. The molecule has 1 saturated heterocycles. The van der Waals surface area contributed by atoms with E-state index in [0.29, 0.717) is 49.1 Å². The van der Waals surface area contributed by atoms with Crippen LogP contribution in [0.25, 0.3) is 0 Å². The number of nitrogens with zero attached hydrogens (tertiary/aromatic N) is 2. The molecule has 0 aliphatic carbocycles. The fourth-order valence-corrected chi connectivity index (χ4v) is 5.19. The highest BCUT2D eigenvalue weighted by Crippen LogP contribution is 2.34. The molecule has 2 aliphatic rings. The van der Waals surface area contributed by atoms with Crippen molar-refractivity contribution in [1.82, 2.24) is 9.21 Å².